The Balaban J connectivity index is 1.78. The molecule has 10 heteroatoms. The molecule has 4 amide bonds. The topological polar surface area (TPSA) is 105 Å². The summed E-state index contributed by atoms with van der Waals surface area (Å²) in [5.74, 6) is -4.17. The quantitative estimate of drug-likeness (QED) is 0.716. The molecule has 0 aromatic heterocycles. The summed E-state index contributed by atoms with van der Waals surface area (Å²) in [6.07, 6.45) is 0.561. The minimum absolute atomic E-state index is 0.151. The minimum atomic E-state index is -0.941. The molecule has 1 aromatic carbocycles. The van der Waals surface area contributed by atoms with Crippen molar-refractivity contribution in [1.29, 1.82) is 0 Å². The van der Waals surface area contributed by atoms with Crippen LogP contribution in [0.15, 0.2) is 18.2 Å². The van der Waals surface area contributed by atoms with Crippen LogP contribution < -0.4 is 10.6 Å². The molecule has 1 heterocycles. The molecule has 0 aliphatic carbocycles. The number of likely N-dealkylation sites (tertiary alicyclic amines) is 1. The van der Waals surface area contributed by atoms with Gasteiger partial charge >= 0.3 is 12.0 Å². The maximum absolute atomic E-state index is 13.8. The first kappa shape index (κ1) is 22.3. The van der Waals surface area contributed by atoms with Crippen LogP contribution in [0.1, 0.15) is 37.0 Å². The number of ether oxygens (including phenoxy) is 1. The van der Waals surface area contributed by atoms with Gasteiger partial charge in [0.25, 0.3) is 11.8 Å². The van der Waals surface area contributed by atoms with Gasteiger partial charge in [-0.15, -0.1) is 0 Å². The van der Waals surface area contributed by atoms with Crippen molar-refractivity contribution in [2.75, 3.05) is 19.7 Å². The van der Waals surface area contributed by atoms with Crippen LogP contribution in [-0.2, 0) is 14.3 Å². The molecule has 1 aliphatic rings. The fourth-order valence-electron chi connectivity index (χ4n) is 2.87. The molecule has 158 valence electrons. The van der Waals surface area contributed by atoms with Gasteiger partial charge in [-0.1, -0.05) is 0 Å². The van der Waals surface area contributed by atoms with Crippen molar-refractivity contribution in [3.8, 4) is 0 Å². The first-order valence-electron chi connectivity index (χ1n) is 9.18. The highest BCUT2D eigenvalue weighted by atomic mass is 19.1. The van der Waals surface area contributed by atoms with E-state index in [1.54, 1.807) is 13.8 Å². The SMILES string of the molecule is CC(C)NC(=O)NC(=O)COC(=O)C1CCN(C(=O)c2ccc(F)cc2F)CC1. The molecule has 0 spiro atoms. The second-order valence-corrected chi connectivity index (χ2v) is 6.97. The Morgan fingerprint density at radius 1 is 1.17 bits per heavy atom. The van der Waals surface area contributed by atoms with Crippen molar-refractivity contribution in [2.45, 2.75) is 32.7 Å². The summed E-state index contributed by atoms with van der Waals surface area (Å²) in [6.45, 7) is 3.25. The first-order chi connectivity index (χ1) is 13.7. The van der Waals surface area contributed by atoms with Crippen LogP contribution >= 0.6 is 0 Å². The van der Waals surface area contributed by atoms with Crippen LogP contribution in [0.3, 0.4) is 0 Å². The lowest BCUT2D eigenvalue weighted by Gasteiger charge is -2.31. The molecule has 1 fully saturated rings. The molecule has 0 saturated carbocycles. The molecule has 0 radical (unpaired) electrons. The Morgan fingerprint density at radius 2 is 1.83 bits per heavy atom. The highest BCUT2D eigenvalue weighted by molar-refractivity contribution is 5.96. The van der Waals surface area contributed by atoms with E-state index in [1.165, 1.54) is 4.90 Å². The van der Waals surface area contributed by atoms with Gasteiger partial charge in [-0.2, -0.15) is 0 Å². The van der Waals surface area contributed by atoms with Crippen molar-refractivity contribution in [3.05, 3.63) is 35.4 Å². The van der Waals surface area contributed by atoms with Gasteiger partial charge in [0, 0.05) is 25.2 Å². The van der Waals surface area contributed by atoms with Crippen molar-refractivity contribution >= 4 is 23.8 Å². The predicted octanol–water partition coefficient (Wildman–Crippen LogP) is 1.59. The lowest BCUT2D eigenvalue weighted by Crippen LogP contribution is -2.44. The number of carbonyl (C=O) groups excluding carboxylic acids is 4. The van der Waals surface area contributed by atoms with Crippen molar-refractivity contribution in [1.82, 2.24) is 15.5 Å². The average molecular weight is 411 g/mol. The number of esters is 1. The molecule has 1 aliphatic heterocycles. The molecule has 0 atom stereocenters. The minimum Gasteiger partial charge on any atom is -0.455 e. The van der Waals surface area contributed by atoms with Gasteiger partial charge in [0.15, 0.2) is 6.61 Å². The third kappa shape index (κ3) is 6.51. The maximum atomic E-state index is 13.8. The number of amides is 4. The van der Waals surface area contributed by atoms with Crippen LogP contribution in [0.5, 0.6) is 0 Å². The van der Waals surface area contributed by atoms with Gasteiger partial charge in [0.2, 0.25) is 0 Å². The molecule has 1 saturated heterocycles. The number of halogens is 2. The van der Waals surface area contributed by atoms with E-state index >= 15 is 0 Å². The number of piperidine rings is 1. The number of carbonyl (C=O) groups is 4. The van der Waals surface area contributed by atoms with Gasteiger partial charge in [0.1, 0.15) is 11.6 Å². The van der Waals surface area contributed by atoms with E-state index < -0.39 is 48.0 Å². The largest absolute Gasteiger partial charge is 0.455 e. The summed E-state index contributed by atoms with van der Waals surface area (Å²) in [7, 11) is 0. The smallest absolute Gasteiger partial charge is 0.321 e. The van der Waals surface area contributed by atoms with Crippen molar-refractivity contribution in [3.63, 3.8) is 0 Å². The number of rotatable bonds is 5. The summed E-state index contributed by atoms with van der Waals surface area (Å²) < 4.78 is 31.7. The van der Waals surface area contributed by atoms with Crippen molar-refractivity contribution in [2.24, 2.45) is 5.92 Å². The highest BCUT2D eigenvalue weighted by Gasteiger charge is 2.30. The van der Waals surface area contributed by atoms with Crippen LogP contribution in [0.2, 0.25) is 0 Å². The summed E-state index contributed by atoms with van der Waals surface area (Å²) in [5, 5.41) is 4.50. The van der Waals surface area contributed by atoms with Gasteiger partial charge < -0.3 is 15.0 Å². The zero-order valence-electron chi connectivity index (χ0n) is 16.2. The Labute approximate surface area is 166 Å². The Bertz CT molecular complexity index is 792. The van der Waals surface area contributed by atoms with E-state index in [2.05, 4.69) is 5.32 Å². The summed E-state index contributed by atoms with van der Waals surface area (Å²) in [5.41, 5.74) is -0.233. The normalized spacial score (nSPS) is 14.4. The molecule has 2 rings (SSSR count). The maximum Gasteiger partial charge on any atom is 0.321 e. The zero-order valence-corrected chi connectivity index (χ0v) is 16.2. The fraction of sp³-hybridized carbons (Fsp3) is 0.474. The van der Waals surface area contributed by atoms with Crippen LogP contribution in [0.25, 0.3) is 0 Å². The Kier molecular flexibility index (Phi) is 7.63. The van der Waals surface area contributed by atoms with Gasteiger partial charge in [0.05, 0.1) is 11.5 Å². The number of benzene rings is 1. The van der Waals surface area contributed by atoms with E-state index in [0.29, 0.717) is 6.07 Å². The fourth-order valence-corrected chi connectivity index (χ4v) is 2.87. The zero-order chi connectivity index (χ0) is 21.6. The first-order valence-corrected chi connectivity index (χ1v) is 9.18. The Morgan fingerprint density at radius 3 is 2.41 bits per heavy atom. The second-order valence-electron chi connectivity index (χ2n) is 6.97. The molecule has 0 unspecified atom stereocenters. The lowest BCUT2D eigenvalue weighted by molar-refractivity contribution is -0.153. The predicted molar refractivity (Wildman–Crippen MR) is 97.8 cm³/mol. The Hall–Kier alpha value is -3.04. The average Bonchev–Trinajstić information content (AvgIpc) is 2.65. The number of hydrogen-bond acceptors (Lipinski definition) is 5. The number of hydrogen-bond donors (Lipinski definition) is 2. The van der Waals surface area contributed by atoms with Crippen molar-refractivity contribution < 1.29 is 32.7 Å². The second kappa shape index (κ2) is 9.94. The van der Waals surface area contributed by atoms with E-state index in [4.69, 9.17) is 4.74 Å². The number of imide groups is 1. The van der Waals surface area contributed by atoms with Gasteiger partial charge in [-0.3, -0.25) is 19.7 Å². The van der Waals surface area contributed by atoms with Crippen LogP contribution in [0.4, 0.5) is 13.6 Å². The van der Waals surface area contributed by atoms with E-state index in [1.807, 2.05) is 5.32 Å². The van der Waals surface area contributed by atoms with Gasteiger partial charge in [-0.25, -0.2) is 13.6 Å². The molecule has 2 N–H and O–H groups in total. The lowest BCUT2D eigenvalue weighted by atomic mass is 9.96. The monoisotopic (exact) mass is 411 g/mol. The van der Waals surface area contributed by atoms with E-state index in [0.717, 1.165) is 12.1 Å². The van der Waals surface area contributed by atoms with Crippen LogP contribution in [0, 0.1) is 17.6 Å². The van der Waals surface area contributed by atoms with Gasteiger partial charge in [-0.05, 0) is 38.8 Å². The number of nitrogens with one attached hydrogen (secondary N) is 2. The molecule has 29 heavy (non-hydrogen) atoms. The number of urea groups is 1. The summed E-state index contributed by atoms with van der Waals surface area (Å²) in [6, 6.07) is 1.90. The summed E-state index contributed by atoms with van der Waals surface area (Å²) >= 11 is 0. The molecule has 0 bridgehead atoms. The van der Waals surface area contributed by atoms with Crippen LogP contribution in [-0.4, -0.2) is 54.5 Å². The third-order valence-corrected chi connectivity index (χ3v) is 4.30. The molecule has 8 nitrogen and oxygen atoms in total. The number of nitrogens with zero attached hydrogens (tertiary/aromatic N) is 1. The summed E-state index contributed by atoms with van der Waals surface area (Å²) in [4.78, 5) is 48.8. The standard InChI is InChI=1S/C19H23F2N3O5/c1-11(2)22-19(28)23-16(25)10-29-18(27)12-5-7-24(8-6-12)17(26)14-4-3-13(20)9-15(14)21/h3-4,9,11-12H,5-8,10H2,1-2H3,(H2,22,23,25,28). The molecular formula is C19H23F2N3O5. The third-order valence-electron chi connectivity index (χ3n) is 4.30. The highest BCUT2D eigenvalue weighted by Crippen LogP contribution is 2.21. The van der Waals surface area contributed by atoms with E-state index in [9.17, 15) is 28.0 Å². The molecular weight excluding hydrogens is 388 g/mol. The van der Waals surface area contributed by atoms with E-state index in [-0.39, 0.29) is 37.5 Å². The molecule has 1 aromatic rings.